The van der Waals surface area contributed by atoms with E-state index in [1.54, 1.807) is 11.3 Å². The van der Waals surface area contributed by atoms with E-state index in [0.717, 1.165) is 12.1 Å². The van der Waals surface area contributed by atoms with Crippen LogP contribution >= 0.6 is 11.3 Å². The van der Waals surface area contributed by atoms with Gasteiger partial charge in [0, 0.05) is 17.4 Å². The molecule has 0 aliphatic carbocycles. The van der Waals surface area contributed by atoms with E-state index in [9.17, 15) is 4.79 Å². The molecule has 0 atom stereocenters. The zero-order valence-corrected chi connectivity index (χ0v) is 11.2. The molecular formula is C15H11NO2S. The van der Waals surface area contributed by atoms with Gasteiger partial charge < -0.3 is 9.30 Å². The van der Waals surface area contributed by atoms with E-state index in [4.69, 9.17) is 4.74 Å². The lowest BCUT2D eigenvalue weighted by Gasteiger charge is -2.03. The predicted octanol–water partition coefficient (Wildman–Crippen LogP) is 3.52. The summed E-state index contributed by atoms with van der Waals surface area (Å²) in [5.74, 6) is -0.287. The van der Waals surface area contributed by atoms with Gasteiger partial charge in [0.15, 0.2) is 0 Å². The number of benzene rings is 1. The van der Waals surface area contributed by atoms with Crippen molar-refractivity contribution < 1.29 is 9.53 Å². The summed E-state index contributed by atoms with van der Waals surface area (Å²) in [7, 11) is 1.41. The summed E-state index contributed by atoms with van der Waals surface area (Å²) in [6, 6.07) is 10.1. The maximum absolute atomic E-state index is 11.6. The molecule has 2 aromatic heterocycles. The largest absolute Gasteiger partial charge is 0.465 e. The van der Waals surface area contributed by atoms with Crippen LogP contribution in [0.3, 0.4) is 0 Å². The average molecular weight is 269 g/mol. The predicted molar refractivity (Wildman–Crippen MR) is 75.7 cm³/mol. The van der Waals surface area contributed by atoms with Gasteiger partial charge in [-0.1, -0.05) is 6.07 Å². The Morgan fingerprint density at radius 3 is 3.05 bits per heavy atom. The van der Waals surface area contributed by atoms with Crippen molar-refractivity contribution in [1.82, 2.24) is 4.57 Å². The number of fused-ring (bicyclic) bond motifs is 5. The first-order valence-corrected chi connectivity index (χ1v) is 6.94. The van der Waals surface area contributed by atoms with E-state index in [-0.39, 0.29) is 5.97 Å². The first kappa shape index (κ1) is 10.8. The number of rotatable bonds is 1. The molecule has 1 aliphatic heterocycles. The highest BCUT2D eigenvalue weighted by Crippen LogP contribution is 2.40. The minimum Gasteiger partial charge on any atom is -0.465 e. The Hall–Kier alpha value is -2.07. The van der Waals surface area contributed by atoms with Crippen LogP contribution in [0.5, 0.6) is 0 Å². The Morgan fingerprint density at radius 2 is 2.21 bits per heavy atom. The van der Waals surface area contributed by atoms with Gasteiger partial charge in [-0.05, 0) is 35.2 Å². The van der Waals surface area contributed by atoms with Crippen LogP contribution in [-0.2, 0) is 11.3 Å². The molecule has 1 aliphatic rings. The minimum absolute atomic E-state index is 0.287. The van der Waals surface area contributed by atoms with Gasteiger partial charge >= 0.3 is 5.97 Å². The highest BCUT2D eigenvalue weighted by molar-refractivity contribution is 7.13. The molecular weight excluding hydrogens is 258 g/mol. The Balaban J connectivity index is 1.96. The maximum atomic E-state index is 11.6. The second-order valence-electron chi connectivity index (χ2n) is 4.66. The molecule has 3 aromatic rings. The number of hydrogen-bond donors (Lipinski definition) is 0. The summed E-state index contributed by atoms with van der Waals surface area (Å²) >= 11 is 1.77. The van der Waals surface area contributed by atoms with Crippen LogP contribution in [0.2, 0.25) is 0 Å². The molecule has 0 fully saturated rings. The maximum Gasteiger partial charge on any atom is 0.337 e. The quantitative estimate of drug-likeness (QED) is 0.495. The van der Waals surface area contributed by atoms with Crippen LogP contribution < -0.4 is 0 Å². The van der Waals surface area contributed by atoms with Crippen molar-refractivity contribution >= 4 is 28.2 Å². The zero-order chi connectivity index (χ0) is 13.0. The molecule has 0 spiro atoms. The van der Waals surface area contributed by atoms with E-state index in [1.165, 1.54) is 28.6 Å². The minimum atomic E-state index is -0.287. The van der Waals surface area contributed by atoms with Gasteiger partial charge in [0.2, 0.25) is 0 Å². The van der Waals surface area contributed by atoms with Crippen molar-refractivity contribution in [2.45, 2.75) is 6.54 Å². The first-order chi connectivity index (χ1) is 9.28. The third-order valence-electron chi connectivity index (χ3n) is 3.63. The van der Waals surface area contributed by atoms with E-state index in [1.807, 2.05) is 18.2 Å². The molecule has 3 heterocycles. The Labute approximate surface area is 114 Å². The lowest BCUT2D eigenvalue weighted by atomic mass is 10.1. The Bertz CT molecular complexity index is 813. The van der Waals surface area contributed by atoms with Gasteiger partial charge in [-0.15, -0.1) is 11.3 Å². The molecule has 3 nitrogen and oxygen atoms in total. The standard InChI is InChI=1S/C15H11NO2S/c1-18-15(17)10-3-2-9-6-13-14-11(4-5-19-14)8-16(13)12(9)7-10/h2-7H,8H2,1H3. The number of thiophene rings is 1. The fraction of sp³-hybridized carbons (Fsp3) is 0.133. The molecule has 4 heteroatoms. The van der Waals surface area contributed by atoms with Crippen molar-refractivity contribution in [1.29, 1.82) is 0 Å². The summed E-state index contributed by atoms with van der Waals surface area (Å²) in [5.41, 5.74) is 4.32. The number of carbonyl (C=O) groups excluding carboxylic acids is 1. The average Bonchev–Trinajstić information content (AvgIpc) is 3.08. The summed E-state index contributed by atoms with van der Waals surface area (Å²) in [4.78, 5) is 13.0. The highest BCUT2D eigenvalue weighted by atomic mass is 32.1. The Morgan fingerprint density at radius 1 is 1.32 bits per heavy atom. The molecule has 0 saturated heterocycles. The van der Waals surface area contributed by atoms with Gasteiger partial charge in [-0.2, -0.15) is 0 Å². The van der Waals surface area contributed by atoms with Crippen molar-refractivity contribution in [3.63, 3.8) is 0 Å². The van der Waals surface area contributed by atoms with Crippen LogP contribution in [0.4, 0.5) is 0 Å². The van der Waals surface area contributed by atoms with Crippen LogP contribution in [-0.4, -0.2) is 17.6 Å². The van der Waals surface area contributed by atoms with Crippen molar-refractivity contribution in [3.8, 4) is 10.6 Å². The third-order valence-corrected chi connectivity index (χ3v) is 4.61. The monoisotopic (exact) mass is 269 g/mol. The molecule has 0 radical (unpaired) electrons. The van der Waals surface area contributed by atoms with Crippen LogP contribution in [0.15, 0.2) is 35.7 Å². The fourth-order valence-electron chi connectivity index (χ4n) is 2.71. The van der Waals surface area contributed by atoms with Crippen LogP contribution in [0, 0.1) is 0 Å². The first-order valence-electron chi connectivity index (χ1n) is 6.06. The second kappa shape index (κ2) is 3.71. The van der Waals surface area contributed by atoms with Crippen molar-refractivity contribution in [3.05, 3.63) is 46.8 Å². The zero-order valence-electron chi connectivity index (χ0n) is 10.3. The number of carbonyl (C=O) groups is 1. The molecule has 94 valence electrons. The lowest BCUT2D eigenvalue weighted by Crippen LogP contribution is -2.01. The smallest absolute Gasteiger partial charge is 0.337 e. The van der Waals surface area contributed by atoms with E-state index in [0.29, 0.717) is 5.56 Å². The van der Waals surface area contributed by atoms with Crippen molar-refractivity contribution in [2.24, 2.45) is 0 Å². The highest BCUT2D eigenvalue weighted by Gasteiger charge is 2.22. The number of esters is 1. The lowest BCUT2D eigenvalue weighted by molar-refractivity contribution is 0.0601. The van der Waals surface area contributed by atoms with Crippen molar-refractivity contribution in [2.75, 3.05) is 7.11 Å². The fourth-order valence-corrected chi connectivity index (χ4v) is 3.66. The SMILES string of the molecule is COC(=O)c1ccc2cc3n(c2c1)Cc1ccsc1-3. The van der Waals surface area contributed by atoms with E-state index < -0.39 is 0 Å². The molecule has 4 rings (SSSR count). The van der Waals surface area contributed by atoms with E-state index in [2.05, 4.69) is 22.1 Å². The summed E-state index contributed by atoms with van der Waals surface area (Å²) in [5, 5.41) is 3.30. The molecule has 0 unspecified atom stereocenters. The van der Waals surface area contributed by atoms with Gasteiger partial charge in [0.25, 0.3) is 0 Å². The number of aromatic nitrogens is 1. The summed E-state index contributed by atoms with van der Waals surface area (Å²) in [6.45, 7) is 0.891. The normalized spacial score (nSPS) is 12.5. The number of ether oxygens (including phenoxy) is 1. The van der Waals surface area contributed by atoms with Gasteiger partial charge in [-0.25, -0.2) is 4.79 Å². The number of hydrogen-bond acceptors (Lipinski definition) is 3. The van der Waals surface area contributed by atoms with Gasteiger partial charge in [0.05, 0.1) is 23.2 Å². The van der Waals surface area contributed by atoms with E-state index >= 15 is 0 Å². The molecule has 0 N–H and O–H groups in total. The number of nitrogens with zero attached hydrogens (tertiary/aromatic N) is 1. The summed E-state index contributed by atoms with van der Waals surface area (Å²) in [6.07, 6.45) is 0. The molecule has 0 bridgehead atoms. The topological polar surface area (TPSA) is 31.2 Å². The molecule has 0 saturated carbocycles. The summed E-state index contributed by atoms with van der Waals surface area (Å²) < 4.78 is 7.05. The second-order valence-corrected chi connectivity index (χ2v) is 5.57. The number of methoxy groups -OCH3 is 1. The molecule has 19 heavy (non-hydrogen) atoms. The molecule has 1 aromatic carbocycles. The van der Waals surface area contributed by atoms with Crippen LogP contribution in [0.25, 0.3) is 21.5 Å². The Kier molecular flexibility index (Phi) is 2.11. The van der Waals surface area contributed by atoms with Gasteiger partial charge in [0.1, 0.15) is 0 Å². The molecule has 0 amide bonds. The van der Waals surface area contributed by atoms with Gasteiger partial charge in [-0.3, -0.25) is 0 Å². The third kappa shape index (κ3) is 1.40. The van der Waals surface area contributed by atoms with Crippen LogP contribution in [0.1, 0.15) is 15.9 Å².